The van der Waals surface area contributed by atoms with Crippen molar-refractivity contribution in [2.24, 2.45) is 5.73 Å². The Morgan fingerprint density at radius 2 is 2.00 bits per heavy atom. The summed E-state index contributed by atoms with van der Waals surface area (Å²) in [7, 11) is 1.69. The van der Waals surface area contributed by atoms with E-state index < -0.39 is 0 Å². The summed E-state index contributed by atoms with van der Waals surface area (Å²) in [5.41, 5.74) is 7.09. The quantitative estimate of drug-likeness (QED) is 0.800. The van der Waals surface area contributed by atoms with Gasteiger partial charge in [-0.2, -0.15) is 0 Å². The molecule has 0 heterocycles. The Balaban J connectivity index is 2.93. The lowest BCUT2D eigenvalue weighted by atomic mass is 10.0. The molecule has 0 aliphatic carbocycles. The first kappa shape index (κ1) is 13.0. The number of rotatable bonds is 6. The summed E-state index contributed by atoms with van der Waals surface area (Å²) in [6.07, 6.45) is 0. The van der Waals surface area contributed by atoms with Crippen molar-refractivity contribution in [3.63, 3.8) is 0 Å². The van der Waals surface area contributed by atoms with Gasteiger partial charge in [-0.3, -0.25) is 4.90 Å². The third kappa shape index (κ3) is 2.97. The molecule has 0 amide bonds. The normalized spacial score (nSPS) is 12.8. The third-order valence-electron chi connectivity index (χ3n) is 2.95. The van der Waals surface area contributed by atoms with Crippen molar-refractivity contribution in [2.45, 2.75) is 19.9 Å². The standard InChI is InChI=1S/C13H22N2O/c1-4-15(5-2)13(10-14)11-7-6-8-12(9-11)16-3/h6-9,13H,4-5,10,14H2,1-3H3/t13-/m0/s1. The second-order valence-electron chi connectivity index (χ2n) is 3.75. The summed E-state index contributed by atoms with van der Waals surface area (Å²) in [6.45, 7) is 6.97. The van der Waals surface area contributed by atoms with Crippen LogP contribution in [0.5, 0.6) is 5.75 Å². The average Bonchev–Trinajstić information content (AvgIpc) is 2.35. The molecule has 0 unspecified atom stereocenters. The first-order valence-corrected chi connectivity index (χ1v) is 5.84. The van der Waals surface area contributed by atoms with E-state index >= 15 is 0 Å². The topological polar surface area (TPSA) is 38.5 Å². The highest BCUT2D eigenvalue weighted by atomic mass is 16.5. The fourth-order valence-electron chi connectivity index (χ4n) is 2.01. The molecule has 1 aromatic carbocycles. The largest absolute Gasteiger partial charge is 0.497 e. The van der Waals surface area contributed by atoms with Gasteiger partial charge in [0.1, 0.15) is 5.75 Å². The molecular formula is C13H22N2O. The van der Waals surface area contributed by atoms with Gasteiger partial charge in [0.2, 0.25) is 0 Å². The van der Waals surface area contributed by atoms with Crippen LogP contribution in [0, 0.1) is 0 Å². The van der Waals surface area contributed by atoms with E-state index in [4.69, 9.17) is 10.5 Å². The van der Waals surface area contributed by atoms with E-state index in [9.17, 15) is 0 Å². The first-order chi connectivity index (χ1) is 7.76. The second-order valence-corrected chi connectivity index (χ2v) is 3.75. The van der Waals surface area contributed by atoms with Gasteiger partial charge in [-0.1, -0.05) is 26.0 Å². The number of methoxy groups -OCH3 is 1. The number of ether oxygens (including phenoxy) is 1. The van der Waals surface area contributed by atoms with E-state index in [1.807, 2.05) is 12.1 Å². The van der Waals surface area contributed by atoms with E-state index in [0.29, 0.717) is 6.54 Å². The Labute approximate surface area is 98.2 Å². The van der Waals surface area contributed by atoms with E-state index in [2.05, 4.69) is 30.9 Å². The molecule has 1 atom stereocenters. The van der Waals surface area contributed by atoms with Gasteiger partial charge in [-0.05, 0) is 30.8 Å². The number of nitrogens with zero attached hydrogens (tertiary/aromatic N) is 1. The summed E-state index contributed by atoms with van der Waals surface area (Å²) in [5.74, 6) is 0.892. The molecule has 0 spiro atoms. The monoisotopic (exact) mass is 222 g/mol. The van der Waals surface area contributed by atoms with E-state index in [1.54, 1.807) is 7.11 Å². The fraction of sp³-hybridized carbons (Fsp3) is 0.538. The summed E-state index contributed by atoms with van der Waals surface area (Å²) < 4.78 is 5.24. The molecule has 0 saturated heterocycles. The molecule has 16 heavy (non-hydrogen) atoms. The Hall–Kier alpha value is -1.06. The summed E-state index contributed by atoms with van der Waals surface area (Å²) in [5, 5.41) is 0. The van der Waals surface area contributed by atoms with Crippen LogP contribution in [0.2, 0.25) is 0 Å². The van der Waals surface area contributed by atoms with Gasteiger partial charge in [0.25, 0.3) is 0 Å². The Morgan fingerprint density at radius 3 is 2.50 bits per heavy atom. The van der Waals surface area contributed by atoms with Crippen molar-refractivity contribution in [3.8, 4) is 5.75 Å². The van der Waals surface area contributed by atoms with Crippen LogP contribution >= 0.6 is 0 Å². The molecule has 0 aliphatic heterocycles. The van der Waals surface area contributed by atoms with Crippen molar-refractivity contribution >= 4 is 0 Å². The molecule has 3 heteroatoms. The predicted molar refractivity (Wildman–Crippen MR) is 67.7 cm³/mol. The average molecular weight is 222 g/mol. The highest BCUT2D eigenvalue weighted by molar-refractivity contribution is 5.30. The lowest BCUT2D eigenvalue weighted by Crippen LogP contribution is -2.33. The number of hydrogen-bond donors (Lipinski definition) is 1. The van der Waals surface area contributed by atoms with Crippen molar-refractivity contribution in [3.05, 3.63) is 29.8 Å². The van der Waals surface area contributed by atoms with Crippen molar-refractivity contribution in [1.29, 1.82) is 0 Å². The lowest BCUT2D eigenvalue weighted by Gasteiger charge is -2.29. The SMILES string of the molecule is CCN(CC)[C@@H](CN)c1cccc(OC)c1. The molecule has 2 N–H and O–H groups in total. The smallest absolute Gasteiger partial charge is 0.119 e. The van der Waals surface area contributed by atoms with Crippen LogP contribution in [-0.2, 0) is 0 Å². The van der Waals surface area contributed by atoms with Crippen LogP contribution in [0.3, 0.4) is 0 Å². The minimum Gasteiger partial charge on any atom is -0.497 e. The highest BCUT2D eigenvalue weighted by Crippen LogP contribution is 2.23. The van der Waals surface area contributed by atoms with Crippen molar-refractivity contribution in [1.82, 2.24) is 4.90 Å². The number of hydrogen-bond acceptors (Lipinski definition) is 3. The van der Waals surface area contributed by atoms with Gasteiger partial charge in [0.15, 0.2) is 0 Å². The third-order valence-corrected chi connectivity index (χ3v) is 2.95. The van der Waals surface area contributed by atoms with Crippen LogP contribution in [-0.4, -0.2) is 31.6 Å². The van der Waals surface area contributed by atoms with Crippen LogP contribution in [0.1, 0.15) is 25.5 Å². The second kappa shape index (κ2) is 6.51. The van der Waals surface area contributed by atoms with Gasteiger partial charge in [0, 0.05) is 12.6 Å². The maximum atomic E-state index is 5.87. The molecular weight excluding hydrogens is 200 g/mol. The van der Waals surface area contributed by atoms with Gasteiger partial charge in [-0.15, -0.1) is 0 Å². The van der Waals surface area contributed by atoms with E-state index in [-0.39, 0.29) is 6.04 Å². The highest BCUT2D eigenvalue weighted by Gasteiger charge is 2.16. The maximum Gasteiger partial charge on any atom is 0.119 e. The predicted octanol–water partition coefficient (Wildman–Crippen LogP) is 2.04. The van der Waals surface area contributed by atoms with Crippen molar-refractivity contribution in [2.75, 3.05) is 26.7 Å². The zero-order chi connectivity index (χ0) is 12.0. The molecule has 0 aromatic heterocycles. The van der Waals surface area contributed by atoms with Gasteiger partial charge < -0.3 is 10.5 Å². The minimum absolute atomic E-state index is 0.282. The first-order valence-electron chi connectivity index (χ1n) is 5.84. The van der Waals surface area contributed by atoms with Crippen LogP contribution in [0.4, 0.5) is 0 Å². The fourth-order valence-corrected chi connectivity index (χ4v) is 2.01. The van der Waals surface area contributed by atoms with Gasteiger partial charge in [-0.25, -0.2) is 0 Å². The molecule has 0 aliphatic rings. The molecule has 3 nitrogen and oxygen atoms in total. The molecule has 1 aromatic rings. The number of nitrogens with two attached hydrogens (primary N) is 1. The molecule has 0 bridgehead atoms. The van der Waals surface area contributed by atoms with Crippen molar-refractivity contribution < 1.29 is 4.74 Å². The Morgan fingerprint density at radius 1 is 1.31 bits per heavy atom. The zero-order valence-corrected chi connectivity index (χ0v) is 10.4. The number of likely N-dealkylation sites (N-methyl/N-ethyl adjacent to an activating group) is 1. The van der Waals surface area contributed by atoms with Crippen LogP contribution in [0.25, 0.3) is 0 Å². The summed E-state index contributed by atoms with van der Waals surface area (Å²) in [4.78, 5) is 2.36. The Kier molecular flexibility index (Phi) is 5.29. The molecule has 90 valence electrons. The molecule has 1 rings (SSSR count). The number of benzene rings is 1. The van der Waals surface area contributed by atoms with Crippen LogP contribution < -0.4 is 10.5 Å². The summed E-state index contributed by atoms with van der Waals surface area (Å²) in [6, 6.07) is 8.43. The Bertz CT molecular complexity index is 311. The van der Waals surface area contributed by atoms with E-state index in [1.165, 1.54) is 5.56 Å². The molecule has 0 saturated carbocycles. The van der Waals surface area contributed by atoms with E-state index in [0.717, 1.165) is 18.8 Å². The van der Waals surface area contributed by atoms with Crippen LogP contribution in [0.15, 0.2) is 24.3 Å². The molecule has 0 fully saturated rings. The van der Waals surface area contributed by atoms with Gasteiger partial charge >= 0.3 is 0 Å². The van der Waals surface area contributed by atoms with Gasteiger partial charge in [0.05, 0.1) is 7.11 Å². The summed E-state index contributed by atoms with van der Waals surface area (Å²) >= 11 is 0. The molecule has 0 radical (unpaired) electrons. The zero-order valence-electron chi connectivity index (χ0n) is 10.4. The minimum atomic E-state index is 0.282. The maximum absolute atomic E-state index is 5.87. The lowest BCUT2D eigenvalue weighted by molar-refractivity contribution is 0.223.